The van der Waals surface area contributed by atoms with E-state index < -0.39 is 11.7 Å². The molecule has 0 saturated carbocycles. The molecule has 0 radical (unpaired) electrons. The number of nitrogen functional groups attached to an aromatic ring is 1. The number of hydrogen-bond donors (Lipinski definition) is 2. The number of amides is 2. The Labute approximate surface area is 189 Å². The number of carbonyl (C=O) groups excluding carboxylic acids is 3. The zero-order valence-electron chi connectivity index (χ0n) is 17.7. The van der Waals surface area contributed by atoms with Crippen LogP contribution in [0.5, 0.6) is 5.75 Å². The number of benzene rings is 2. The molecule has 3 N–H and O–H groups in total. The molecule has 1 aliphatic heterocycles. The minimum atomic E-state index is -0.653. The molecule has 1 fully saturated rings. The molecule has 9 heteroatoms. The van der Waals surface area contributed by atoms with Crippen molar-refractivity contribution < 1.29 is 19.1 Å². The first-order chi connectivity index (χ1) is 15.3. The highest BCUT2D eigenvalue weighted by molar-refractivity contribution is 6.46. The SMILES string of the molecule is COc1ccc(Cl)c2[nH]cc(C(=O)C(=O)N3CCN(C(=O)c4cccc(N)c4)C[C@H]3C)c12. The van der Waals surface area contributed by atoms with Gasteiger partial charge in [-0.3, -0.25) is 14.4 Å². The molecular formula is C23H23ClN4O4. The molecule has 3 aromatic rings. The monoisotopic (exact) mass is 454 g/mol. The summed E-state index contributed by atoms with van der Waals surface area (Å²) >= 11 is 6.22. The number of ether oxygens (including phenoxy) is 1. The summed E-state index contributed by atoms with van der Waals surface area (Å²) in [4.78, 5) is 45.2. The van der Waals surface area contributed by atoms with Gasteiger partial charge in [0.25, 0.3) is 17.6 Å². The second-order valence-electron chi connectivity index (χ2n) is 7.76. The van der Waals surface area contributed by atoms with Crippen LogP contribution in [0, 0.1) is 0 Å². The number of methoxy groups -OCH3 is 1. The highest BCUT2D eigenvalue weighted by atomic mass is 35.5. The number of aromatic amines is 1. The molecule has 4 rings (SSSR count). The van der Waals surface area contributed by atoms with Gasteiger partial charge in [0.1, 0.15) is 5.75 Å². The number of carbonyl (C=O) groups is 3. The number of halogens is 1. The number of fused-ring (bicyclic) bond motifs is 1. The summed E-state index contributed by atoms with van der Waals surface area (Å²) in [7, 11) is 1.49. The standard InChI is InChI=1S/C23H23ClN4O4/c1-13-12-27(22(30)14-4-3-5-15(25)10-14)8-9-28(13)23(31)21(29)16-11-26-20-17(24)6-7-18(32-2)19(16)20/h3-7,10-11,13,26H,8-9,12,25H2,1-2H3/t13-/m1/s1. The number of nitrogens with two attached hydrogens (primary N) is 1. The van der Waals surface area contributed by atoms with Crippen LogP contribution in [0.3, 0.4) is 0 Å². The number of aromatic nitrogens is 1. The topological polar surface area (TPSA) is 109 Å². The van der Waals surface area contributed by atoms with Gasteiger partial charge in [-0.05, 0) is 37.3 Å². The first-order valence-electron chi connectivity index (χ1n) is 10.2. The molecule has 0 bridgehead atoms. The van der Waals surface area contributed by atoms with Crippen LogP contribution in [0.15, 0.2) is 42.6 Å². The van der Waals surface area contributed by atoms with Gasteiger partial charge in [0, 0.05) is 43.1 Å². The van der Waals surface area contributed by atoms with Crippen LogP contribution >= 0.6 is 11.6 Å². The van der Waals surface area contributed by atoms with Gasteiger partial charge in [-0.15, -0.1) is 0 Å². The Hall–Kier alpha value is -3.52. The van der Waals surface area contributed by atoms with Gasteiger partial charge in [-0.1, -0.05) is 17.7 Å². The third kappa shape index (κ3) is 3.78. The van der Waals surface area contributed by atoms with Gasteiger partial charge in [0.2, 0.25) is 0 Å². The van der Waals surface area contributed by atoms with Crippen molar-refractivity contribution in [2.75, 3.05) is 32.5 Å². The Kier molecular flexibility index (Phi) is 5.80. The zero-order chi connectivity index (χ0) is 23.0. The molecular weight excluding hydrogens is 432 g/mol. The fourth-order valence-corrected chi connectivity index (χ4v) is 4.29. The summed E-state index contributed by atoms with van der Waals surface area (Å²) in [5, 5.41) is 0.899. The number of nitrogens with zero attached hydrogens (tertiary/aromatic N) is 2. The van der Waals surface area contributed by atoms with Crippen molar-refractivity contribution in [1.82, 2.24) is 14.8 Å². The molecule has 1 aromatic heterocycles. The van der Waals surface area contributed by atoms with E-state index in [0.29, 0.717) is 46.0 Å². The van der Waals surface area contributed by atoms with Crippen molar-refractivity contribution >= 4 is 45.8 Å². The largest absolute Gasteiger partial charge is 0.496 e. The lowest BCUT2D eigenvalue weighted by atomic mass is 10.1. The highest BCUT2D eigenvalue weighted by Gasteiger charge is 2.34. The van der Waals surface area contributed by atoms with Crippen LogP contribution < -0.4 is 10.5 Å². The minimum absolute atomic E-state index is 0.154. The molecule has 0 aliphatic carbocycles. The first kappa shape index (κ1) is 21.7. The molecule has 8 nitrogen and oxygen atoms in total. The van der Waals surface area contributed by atoms with Crippen LogP contribution in [-0.2, 0) is 4.79 Å². The van der Waals surface area contributed by atoms with Crippen molar-refractivity contribution in [2.45, 2.75) is 13.0 Å². The summed E-state index contributed by atoms with van der Waals surface area (Å²) in [6, 6.07) is 9.77. The van der Waals surface area contributed by atoms with Crippen LogP contribution in [0.2, 0.25) is 5.02 Å². The number of ketones is 1. The molecule has 0 spiro atoms. The fraction of sp³-hybridized carbons (Fsp3) is 0.261. The number of Topliss-reactive ketones (excluding diaryl/α,β-unsaturated/α-hetero) is 1. The van der Waals surface area contributed by atoms with E-state index in [1.165, 1.54) is 18.2 Å². The molecule has 1 saturated heterocycles. The molecule has 166 valence electrons. The molecule has 1 atom stereocenters. The van der Waals surface area contributed by atoms with Crippen molar-refractivity contribution in [2.24, 2.45) is 0 Å². The smallest absolute Gasteiger partial charge is 0.295 e. The van der Waals surface area contributed by atoms with Crippen molar-refractivity contribution in [3.63, 3.8) is 0 Å². The summed E-state index contributed by atoms with van der Waals surface area (Å²) in [6.45, 7) is 2.70. The summed E-state index contributed by atoms with van der Waals surface area (Å²) in [6.07, 6.45) is 1.48. The van der Waals surface area contributed by atoms with Crippen LogP contribution in [0.25, 0.3) is 10.9 Å². The predicted molar refractivity (Wildman–Crippen MR) is 122 cm³/mol. The Morgan fingerprint density at radius 2 is 1.97 bits per heavy atom. The minimum Gasteiger partial charge on any atom is -0.496 e. The van der Waals surface area contributed by atoms with Crippen molar-refractivity contribution in [3.05, 3.63) is 58.7 Å². The van der Waals surface area contributed by atoms with Gasteiger partial charge >= 0.3 is 0 Å². The van der Waals surface area contributed by atoms with Gasteiger partial charge in [0.15, 0.2) is 0 Å². The molecule has 1 aliphatic rings. The van der Waals surface area contributed by atoms with E-state index in [2.05, 4.69) is 4.98 Å². The van der Waals surface area contributed by atoms with Crippen molar-refractivity contribution in [1.29, 1.82) is 0 Å². The lowest BCUT2D eigenvalue weighted by molar-refractivity contribution is -0.130. The number of rotatable bonds is 4. The van der Waals surface area contributed by atoms with Crippen LogP contribution in [-0.4, -0.2) is 65.2 Å². The average molecular weight is 455 g/mol. The molecule has 2 aromatic carbocycles. The Bertz CT molecular complexity index is 1220. The quantitative estimate of drug-likeness (QED) is 0.358. The number of H-pyrrole nitrogens is 1. The van der Waals surface area contributed by atoms with Gasteiger partial charge in [-0.25, -0.2) is 0 Å². The van der Waals surface area contributed by atoms with Crippen LogP contribution in [0.1, 0.15) is 27.6 Å². The fourth-order valence-electron chi connectivity index (χ4n) is 4.08. The maximum absolute atomic E-state index is 13.1. The van der Waals surface area contributed by atoms with E-state index in [9.17, 15) is 14.4 Å². The summed E-state index contributed by atoms with van der Waals surface area (Å²) in [5.74, 6) is -0.984. The van der Waals surface area contributed by atoms with Gasteiger partial charge in [0.05, 0.1) is 28.6 Å². The molecule has 2 amide bonds. The normalized spacial score (nSPS) is 16.3. The number of hydrogen-bond acceptors (Lipinski definition) is 5. The second-order valence-corrected chi connectivity index (χ2v) is 8.16. The molecule has 0 unspecified atom stereocenters. The van der Waals surface area contributed by atoms with E-state index in [1.807, 2.05) is 6.92 Å². The number of piperazine rings is 1. The van der Waals surface area contributed by atoms with Gasteiger partial charge in [-0.2, -0.15) is 0 Å². The number of anilines is 1. The predicted octanol–water partition coefficient (Wildman–Crippen LogP) is 2.97. The van der Waals surface area contributed by atoms with Gasteiger partial charge < -0.3 is 25.3 Å². The average Bonchev–Trinajstić information content (AvgIpc) is 3.24. The third-order valence-corrected chi connectivity index (χ3v) is 6.03. The lowest BCUT2D eigenvalue weighted by Gasteiger charge is -2.39. The zero-order valence-corrected chi connectivity index (χ0v) is 18.5. The van der Waals surface area contributed by atoms with E-state index in [-0.39, 0.29) is 24.1 Å². The Morgan fingerprint density at radius 3 is 2.66 bits per heavy atom. The van der Waals surface area contributed by atoms with E-state index in [0.717, 1.165) is 0 Å². The summed E-state index contributed by atoms with van der Waals surface area (Å²) < 4.78 is 5.36. The van der Waals surface area contributed by atoms with Crippen molar-refractivity contribution in [3.8, 4) is 5.75 Å². The van der Waals surface area contributed by atoms with Crippen LogP contribution in [0.4, 0.5) is 5.69 Å². The number of nitrogens with one attached hydrogen (secondary N) is 1. The van der Waals surface area contributed by atoms with E-state index in [1.54, 1.807) is 41.3 Å². The first-order valence-corrected chi connectivity index (χ1v) is 10.5. The highest BCUT2D eigenvalue weighted by Crippen LogP contribution is 2.34. The maximum atomic E-state index is 13.1. The summed E-state index contributed by atoms with van der Waals surface area (Å²) in [5.41, 5.74) is 7.53. The van der Waals surface area contributed by atoms with E-state index in [4.69, 9.17) is 22.1 Å². The third-order valence-electron chi connectivity index (χ3n) is 5.71. The molecule has 2 heterocycles. The maximum Gasteiger partial charge on any atom is 0.295 e. The lowest BCUT2D eigenvalue weighted by Crippen LogP contribution is -2.56. The Balaban J connectivity index is 1.53. The Morgan fingerprint density at radius 1 is 1.19 bits per heavy atom. The second kappa shape index (κ2) is 8.55. The van der Waals surface area contributed by atoms with E-state index >= 15 is 0 Å². The molecule has 32 heavy (non-hydrogen) atoms.